The number of aryl methyl sites for hydroxylation is 1. The number of ether oxygens (including phenoxy) is 1. The molecule has 2 aromatic carbocycles. The lowest BCUT2D eigenvalue weighted by molar-refractivity contribution is -0.136. The van der Waals surface area contributed by atoms with Gasteiger partial charge in [0.2, 0.25) is 0 Å². The molecule has 0 saturated heterocycles. The minimum atomic E-state index is -0.820. The Balaban J connectivity index is 2.00. The molecule has 1 aromatic heterocycles. The first-order valence-electron chi connectivity index (χ1n) is 7.77. The summed E-state index contributed by atoms with van der Waals surface area (Å²) in [6, 6.07) is 15.4. The monoisotopic (exact) mass is 400 g/mol. The van der Waals surface area contributed by atoms with E-state index < -0.39 is 5.97 Å². The zero-order valence-electron chi connectivity index (χ0n) is 13.6. The second-order valence-corrected chi connectivity index (χ2v) is 6.46. The second kappa shape index (κ2) is 7.53. The van der Waals surface area contributed by atoms with Crippen molar-refractivity contribution in [1.82, 2.24) is 9.78 Å². The maximum absolute atomic E-state index is 11.0. The lowest BCUT2D eigenvalue weighted by atomic mass is 10.0. The number of benzene rings is 2. The van der Waals surface area contributed by atoms with Crippen LogP contribution in [0.2, 0.25) is 0 Å². The number of carboxylic acid groups (broad SMARTS) is 1. The first-order chi connectivity index (χ1) is 12.1. The lowest BCUT2D eigenvalue weighted by Crippen LogP contribution is -1.97. The summed E-state index contributed by atoms with van der Waals surface area (Å²) in [5.41, 5.74) is 3.54. The van der Waals surface area contributed by atoms with Crippen LogP contribution < -0.4 is 4.74 Å². The van der Waals surface area contributed by atoms with E-state index >= 15 is 0 Å². The molecule has 0 fully saturated rings. The van der Waals surface area contributed by atoms with Crippen molar-refractivity contribution in [2.45, 2.75) is 12.8 Å². The summed E-state index contributed by atoms with van der Waals surface area (Å²) in [4.78, 5) is 11.0. The number of carbonyl (C=O) groups is 1. The molecule has 0 aliphatic carbocycles. The van der Waals surface area contributed by atoms with Crippen LogP contribution in [0.3, 0.4) is 0 Å². The number of methoxy groups -OCH3 is 1. The molecule has 0 atom stereocenters. The van der Waals surface area contributed by atoms with Gasteiger partial charge in [0, 0.05) is 22.7 Å². The van der Waals surface area contributed by atoms with Gasteiger partial charge in [0.1, 0.15) is 5.75 Å². The van der Waals surface area contributed by atoms with Crippen LogP contribution in [0.1, 0.15) is 12.0 Å². The van der Waals surface area contributed by atoms with E-state index in [1.807, 2.05) is 54.7 Å². The predicted octanol–water partition coefficient (Wildman–Crippen LogP) is 4.33. The van der Waals surface area contributed by atoms with Gasteiger partial charge in [0.15, 0.2) is 0 Å². The minimum absolute atomic E-state index is 0.0673. The summed E-state index contributed by atoms with van der Waals surface area (Å²) in [5.74, 6) is -0.0471. The van der Waals surface area contributed by atoms with Crippen LogP contribution in [0.25, 0.3) is 16.9 Å². The Hall–Kier alpha value is -2.60. The lowest BCUT2D eigenvalue weighted by Gasteiger charge is -2.03. The number of aliphatic carboxylic acids is 1. The topological polar surface area (TPSA) is 64.3 Å². The van der Waals surface area contributed by atoms with Crippen LogP contribution in [0.5, 0.6) is 5.75 Å². The number of hydrogen-bond donors (Lipinski definition) is 1. The molecule has 0 amide bonds. The summed E-state index contributed by atoms with van der Waals surface area (Å²) in [6.45, 7) is 0. The summed E-state index contributed by atoms with van der Waals surface area (Å²) < 4.78 is 7.94. The van der Waals surface area contributed by atoms with E-state index in [2.05, 4.69) is 21.0 Å². The Kier molecular flexibility index (Phi) is 5.19. The number of aromatic nitrogens is 2. The third-order valence-electron chi connectivity index (χ3n) is 3.85. The van der Waals surface area contributed by atoms with Crippen molar-refractivity contribution >= 4 is 21.9 Å². The maximum atomic E-state index is 11.0. The zero-order valence-corrected chi connectivity index (χ0v) is 15.2. The van der Waals surface area contributed by atoms with Crippen LogP contribution in [-0.2, 0) is 11.2 Å². The third kappa shape index (κ3) is 4.09. The first-order valence-corrected chi connectivity index (χ1v) is 8.57. The van der Waals surface area contributed by atoms with E-state index in [1.54, 1.807) is 11.8 Å². The van der Waals surface area contributed by atoms with Gasteiger partial charge in [-0.3, -0.25) is 4.79 Å². The largest absolute Gasteiger partial charge is 0.497 e. The molecule has 5 nitrogen and oxygen atoms in total. The van der Waals surface area contributed by atoms with Crippen molar-refractivity contribution in [3.05, 3.63) is 64.8 Å². The Morgan fingerprint density at radius 3 is 2.44 bits per heavy atom. The summed E-state index contributed by atoms with van der Waals surface area (Å²) in [6.07, 6.45) is 2.39. The molecule has 3 aromatic rings. The number of rotatable bonds is 6. The van der Waals surface area contributed by atoms with Gasteiger partial charge in [-0.2, -0.15) is 5.10 Å². The Labute approximate surface area is 154 Å². The van der Waals surface area contributed by atoms with E-state index in [0.717, 1.165) is 32.7 Å². The van der Waals surface area contributed by atoms with Crippen LogP contribution in [0.4, 0.5) is 0 Å². The minimum Gasteiger partial charge on any atom is -0.497 e. The van der Waals surface area contributed by atoms with Crippen molar-refractivity contribution in [3.63, 3.8) is 0 Å². The molecule has 0 spiro atoms. The van der Waals surface area contributed by atoms with Crippen LogP contribution in [0, 0.1) is 0 Å². The number of carboxylic acids is 1. The fourth-order valence-electron chi connectivity index (χ4n) is 2.55. The molecule has 0 aliphatic rings. The van der Waals surface area contributed by atoms with Gasteiger partial charge in [-0.15, -0.1) is 0 Å². The predicted molar refractivity (Wildman–Crippen MR) is 99.2 cm³/mol. The Morgan fingerprint density at radius 1 is 1.16 bits per heavy atom. The van der Waals surface area contributed by atoms with Crippen molar-refractivity contribution in [2.24, 2.45) is 0 Å². The average Bonchev–Trinajstić information content (AvgIpc) is 3.05. The number of hydrogen-bond acceptors (Lipinski definition) is 3. The van der Waals surface area contributed by atoms with Gasteiger partial charge < -0.3 is 9.84 Å². The molecular weight excluding hydrogens is 384 g/mol. The van der Waals surface area contributed by atoms with Gasteiger partial charge in [-0.05, 0) is 48.4 Å². The van der Waals surface area contributed by atoms with Crippen LogP contribution in [-0.4, -0.2) is 28.0 Å². The standard InChI is InChI=1S/C19H17BrN2O3/c1-25-17-9-7-16(8-10-17)22-12-14(4-11-18(23)24)19(21-22)13-2-5-15(20)6-3-13/h2-3,5-10,12H,4,11H2,1H3,(H,23,24). The van der Waals surface area contributed by atoms with Crippen molar-refractivity contribution < 1.29 is 14.6 Å². The molecule has 3 rings (SSSR count). The highest BCUT2D eigenvalue weighted by molar-refractivity contribution is 9.10. The molecule has 128 valence electrons. The molecule has 6 heteroatoms. The van der Waals surface area contributed by atoms with Gasteiger partial charge in [0.05, 0.1) is 18.5 Å². The van der Waals surface area contributed by atoms with Crippen LogP contribution in [0.15, 0.2) is 59.2 Å². The molecule has 0 saturated carbocycles. The highest BCUT2D eigenvalue weighted by Crippen LogP contribution is 2.26. The maximum Gasteiger partial charge on any atom is 0.303 e. The van der Waals surface area contributed by atoms with Gasteiger partial charge in [-0.1, -0.05) is 28.1 Å². The summed E-state index contributed by atoms with van der Waals surface area (Å²) in [5, 5.41) is 13.7. The van der Waals surface area contributed by atoms with E-state index in [9.17, 15) is 4.79 Å². The average molecular weight is 401 g/mol. The smallest absolute Gasteiger partial charge is 0.303 e. The van der Waals surface area contributed by atoms with Crippen molar-refractivity contribution in [3.8, 4) is 22.7 Å². The molecule has 0 bridgehead atoms. The Morgan fingerprint density at radius 2 is 1.84 bits per heavy atom. The Bertz CT molecular complexity index is 871. The summed E-state index contributed by atoms with van der Waals surface area (Å²) >= 11 is 3.43. The normalized spacial score (nSPS) is 10.6. The van der Waals surface area contributed by atoms with Crippen molar-refractivity contribution in [1.29, 1.82) is 0 Å². The quantitative estimate of drug-likeness (QED) is 0.668. The number of nitrogens with zero attached hydrogens (tertiary/aromatic N) is 2. The molecule has 25 heavy (non-hydrogen) atoms. The molecular formula is C19H17BrN2O3. The van der Waals surface area contributed by atoms with Crippen molar-refractivity contribution in [2.75, 3.05) is 7.11 Å². The molecule has 0 unspecified atom stereocenters. The molecule has 0 radical (unpaired) electrons. The van der Waals surface area contributed by atoms with E-state index in [0.29, 0.717) is 6.42 Å². The van der Waals surface area contributed by atoms with E-state index in [1.165, 1.54) is 0 Å². The highest BCUT2D eigenvalue weighted by atomic mass is 79.9. The third-order valence-corrected chi connectivity index (χ3v) is 4.38. The fraction of sp³-hybridized carbons (Fsp3) is 0.158. The number of halogens is 1. The van der Waals surface area contributed by atoms with E-state index in [4.69, 9.17) is 9.84 Å². The molecule has 0 aliphatic heterocycles. The highest BCUT2D eigenvalue weighted by Gasteiger charge is 2.13. The van der Waals surface area contributed by atoms with Gasteiger partial charge in [-0.25, -0.2) is 4.68 Å². The van der Waals surface area contributed by atoms with Crippen LogP contribution >= 0.6 is 15.9 Å². The zero-order chi connectivity index (χ0) is 17.8. The van der Waals surface area contributed by atoms with Gasteiger partial charge in [0.25, 0.3) is 0 Å². The second-order valence-electron chi connectivity index (χ2n) is 5.55. The SMILES string of the molecule is COc1ccc(-n2cc(CCC(=O)O)c(-c3ccc(Br)cc3)n2)cc1. The summed E-state index contributed by atoms with van der Waals surface area (Å²) in [7, 11) is 1.62. The van der Waals surface area contributed by atoms with Gasteiger partial charge >= 0.3 is 5.97 Å². The fourth-order valence-corrected chi connectivity index (χ4v) is 2.82. The molecule has 1 heterocycles. The van der Waals surface area contributed by atoms with E-state index in [-0.39, 0.29) is 6.42 Å². The first kappa shape index (κ1) is 17.2. The molecule has 1 N–H and O–H groups in total.